The van der Waals surface area contributed by atoms with Gasteiger partial charge in [-0.25, -0.2) is 4.79 Å². The molecular weight excluding hydrogens is 327 g/mol. The number of esters is 1. The lowest BCUT2D eigenvalue weighted by Gasteiger charge is -2.53. The number of carbonyl (C=O) groups is 1. The van der Waals surface area contributed by atoms with E-state index < -0.39 is 42.0 Å². The SMILES string of the molecule is C=CC(=O)OC1C2(CCCCC2)COC(O)(C(F)(F)F)C1(F)F. The number of ether oxygens (including phenoxy) is 2. The largest absolute Gasteiger partial charge is 0.452 e. The summed E-state index contributed by atoms with van der Waals surface area (Å²) in [6.07, 6.45) is -5.64. The molecule has 1 aliphatic carbocycles. The second kappa shape index (κ2) is 5.70. The highest BCUT2D eigenvalue weighted by Crippen LogP contribution is 2.57. The molecule has 0 radical (unpaired) electrons. The summed E-state index contributed by atoms with van der Waals surface area (Å²) in [5.74, 6) is -10.8. The number of hydrogen-bond acceptors (Lipinski definition) is 4. The van der Waals surface area contributed by atoms with Gasteiger partial charge in [0, 0.05) is 11.5 Å². The van der Waals surface area contributed by atoms with Gasteiger partial charge in [-0.3, -0.25) is 0 Å². The van der Waals surface area contributed by atoms with Crippen LogP contribution >= 0.6 is 0 Å². The Morgan fingerprint density at radius 1 is 1.26 bits per heavy atom. The van der Waals surface area contributed by atoms with Crippen LogP contribution in [-0.2, 0) is 14.3 Å². The van der Waals surface area contributed by atoms with Crippen LogP contribution < -0.4 is 0 Å². The number of carbonyl (C=O) groups excluding carboxylic acids is 1. The highest BCUT2D eigenvalue weighted by atomic mass is 19.4. The molecule has 0 aromatic carbocycles. The summed E-state index contributed by atoms with van der Waals surface area (Å²) in [6, 6.07) is 0. The maximum absolute atomic E-state index is 14.5. The zero-order valence-corrected chi connectivity index (χ0v) is 12.2. The first-order valence-electron chi connectivity index (χ1n) is 7.14. The predicted octanol–water partition coefficient (Wildman–Crippen LogP) is 2.95. The summed E-state index contributed by atoms with van der Waals surface area (Å²) in [5, 5.41) is 9.49. The molecule has 1 N–H and O–H groups in total. The van der Waals surface area contributed by atoms with Gasteiger partial charge in [-0.15, -0.1) is 0 Å². The quantitative estimate of drug-likeness (QED) is 0.475. The van der Waals surface area contributed by atoms with Crippen LogP contribution in [-0.4, -0.2) is 41.7 Å². The Labute approximate surface area is 129 Å². The lowest BCUT2D eigenvalue weighted by atomic mass is 9.66. The van der Waals surface area contributed by atoms with Crippen LogP contribution in [0.2, 0.25) is 0 Å². The normalized spacial score (nSPS) is 33.2. The molecule has 1 heterocycles. The number of alkyl halides is 5. The van der Waals surface area contributed by atoms with E-state index in [1.54, 1.807) is 0 Å². The van der Waals surface area contributed by atoms with Crippen molar-refractivity contribution < 1.29 is 41.3 Å². The average Bonchev–Trinajstić information content (AvgIpc) is 2.48. The molecule has 1 spiro atoms. The lowest BCUT2D eigenvalue weighted by molar-refractivity contribution is -0.473. The maximum Gasteiger partial charge on any atom is 0.449 e. The second-order valence-electron chi connectivity index (χ2n) is 6.00. The van der Waals surface area contributed by atoms with Gasteiger partial charge in [0.25, 0.3) is 0 Å². The highest BCUT2D eigenvalue weighted by molar-refractivity contribution is 5.81. The number of hydrogen-bond donors (Lipinski definition) is 1. The molecule has 1 aliphatic heterocycles. The van der Waals surface area contributed by atoms with Gasteiger partial charge in [0.15, 0.2) is 6.10 Å². The fourth-order valence-corrected chi connectivity index (χ4v) is 3.28. The van der Waals surface area contributed by atoms with Crippen molar-refractivity contribution >= 4 is 5.97 Å². The molecule has 4 nitrogen and oxygen atoms in total. The van der Waals surface area contributed by atoms with Crippen LogP contribution in [0.5, 0.6) is 0 Å². The molecule has 0 bridgehead atoms. The summed E-state index contributed by atoms with van der Waals surface area (Å²) in [5.41, 5.74) is -1.46. The smallest absolute Gasteiger partial charge is 0.449 e. The van der Waals surface area contributed by atoms with Crippen LogP contribution in [0.1, 0.15) is 32.1 Å². The highest BCUT2D eigenvalue weighted by Gasteiger charge is 2.79. The van der Waals surface area contributed by atoms with Crippen molar-refractivity contribution in [3.8, 4) is 0 Å². The summed E-state index contributed by atoms with van der Waals surface area (Å²) in [6.45, 7) is 2.29. The third-order valence-electron chi connectivity index (χ3n) is 4.54. The van der Waals surface area contributed by atoms with Crippen molar-refractivity contribution in [3.05, 3.63) is 12.7 Å². The fraction of sp³-hybridized carbons (Fsp3) is 0.786. The predicted molar refractivity (Wildman–Crippen MR) is 67.5 cm³/mol. The number of rotatable bonds is 2. The molecule has 2 fully saturated rings. The van der Waals surface area contributed by atoms with Gasteiger partial charge >= 0.3 is 23.9 Å². The minimum Gasteiger partial charge on any atom is -0.452 e. The zero-order valence-electron chi connectivity index (χ0n) is 12.2. The van der Waals surface area contributed by atoms with E-state index in [0.29, 0.717) is 18.9 Å². The molecule has 0 aromatic heterocycles. The van der Waals surface area contributed by atoms with Crippen LogP contribution in [0.25, 0.3) is 0 Å². The maximum atomic E-state index is 14.5. The molecule has 9 heteroatoms. The van der Waals surface area contributed by atoms with E-state index in [9.17, 15) is 31.9 Å². The van der Waals surface area contributed by atoms with Crippen molar-refractivity contribution in [1.29, 1.82) is 0 Å². The van der Waals surface area contributed by atoms with Crippen molar-refractivity contribution in [3.63, 3.8) is 0 Å². The van der Waals surface area contributed by atoms with Crippen molar-refractivity contribution in [2.75, 3.05) is 6.61 Å². The van der Waals surface area contributed by atoms with Crippen molar-refractivity contribution in [1.82, 2.24) is 0 Å². The topological polar surface area (TPSA) is 55.8 Å². The van der Waals surface area contributed by atoms with E-state index in [2.05, 4.69) is 16.1 Å². The number of halogens is 5. The third-order valence-corrected chi connectivity index (χ3v) is 4.54. The first-order chi connectivity index (χ1) is 10.5. The molecule has 2 unspecified atom stereocenters. The fourth-order valence-electron chi connectivity index (χ4n) is 3.28. The number of aliphatic hydroxyl groups is 1. The van der Waals surface area contributed by atoms with Gasteiger partial charge in [-0.05, 0) is 12.8 Å². The Morgan fingerprint density at radius 2 is 1.83 bits per heavy atom. The van der Waals surface area contributed by atoms with Gasteiger partial charge < -0.3 is 14.6 Å². The van der Waals surface area contributed by atoms with Crippen LogP contribution in [0.15, 0.2) is 12.7 Å². The first-order valence-corrected chi connectivity index (χ1v) is 7.14. The molecule has 1 saturated heterocycles. The summed E-state index contributed by atoms with van der Waals surface area (Å²) in [7, 11) is 0. The standard InChI is InChI=1S/C14H17F5O4/c1-2-9(20)23-10-11(6-4-3-5-7-11)8-22-13(21,12(10,15)16)14(17,18)19/h2,10,21H,1,3-8H2. The van der Waals surface area contributed by atoms with Crippen molar-refractivity contribution in [2.45, 2.75) is 56.1 Å². The van der Waals surface area contributed by atoms with E-state index in [-0.39, 0.29) is 12.8 Å². The Bertz CT molecular complexity index is 484. The van der Waals surface area contributed by atoms with E-state index in [0.717, 1.165) is 6.42 Å². The molecule has 0 amide bonds. The Balaban J connectivity index is 2.47. The van der Waals surface area contributed by atoms with Gasteiger partial charge in [0.05, 0.1) is 6.61 Å². The molecule has 132 valence electrons. The zero-order chi connectivity index (χ0) is 17.5. The second-order valence-corrected chi connectivity index (χ2v) is 6.00. The van der Waals surface area contributed by atoms with E-state index >= 15 is 0 Å². The van der Waals surface area contributed by atoms with Crippen molar-refractivity contribution in [2.24, 2.45) is 5.41 Å². The van der Waals surface area contributed by atoms with Crippen LogP contribution in [0.4, 0.5) is 22.0 Å². The van der Waals surface area contributed by atoms with Crippen LogP contribution in [0, 0.1) is 5.41 Å². The Hall–Kier alpha value is -1.22. The van der Waals surface area contributed by atoms with Gasteiger partial charge in [-0.1, -0.05) is 25.8 Å². The van der Waals surface area contributed by atoms with Gasteiger partial charge in [0.2, 0.25) is 0 Å². The Kier molecular flexibility index (Phi) is 4.49. The third kappa shape index (κ3) is 2.73. The lowest BCUT2D eigenvalue weighted by Crippen LogP contribution is -2.73. The van der Waals surface area contributed by atoms with E-state index in [4.69, 9.17) is 0 Å². The van der Waals surface area contributed by atoms with Crippen LogP contribution in [0.3, 0.4) is 0 Å². The monoisotopic (exact) mass is 344 g/mol. The minimum atomic E-state index is -5.74. The molecule has 2 aliphatic rings. The molecule has 1 saturated carbocycles. The molecule has 0 aromatic rings. The molecular formula is C14H17F5O4. The van der Waals surface area contributed by atoms with Gasteiger partial charge in [0.1, 0.15) is 0 Å². The van der Waals surface area contributed by atoms with E-state index in [1.165, 1.54) is 0 Å². The van der Waals surface area contributed by atoms with E-state index in [1.807, 2.05) is 0 Å². The first kappa shape index (κ1) is 18.1. The summed E-state index contributed by atoms with van der Waals surface area (Å²) >= 11 is 0. The minimum absolute atomic E-state index is 0.117. The summed E-state index contributed by atoms with van der Waals surface area (Å²) < 4.78 is 76.8. The molecule has 2 rings (SSSR count). The average molecular weight is 344 g/mol. The Morgan fingerprint density at radius 3 is 2.30 bits per heavy atom. The molecule has 2 atom stereocenters. The molecule has 23 heavy (non-hydrogen) atoms. The van der Waals surface area contributed by atoms with Gasteiger partial charge in [-0.2, -0.15) is 22.0 Å². The summed E-state index contributed by atoms with van der Waals surface area (Å²) in [4.78, 5) is 11.4.